The van der Waals surface area contributed by atoms with E-state index in [-0.39, 0.29) is 0 Å². The summed E-state index contributed by atoms with van der Waals surface area (Å²) < 4.78 is 5.93. The van der Waals surface area contributed by atoms with Gasteiger partial charge in [0.05, 0.1) is 17.7 Å². The predicted molar refractivity (Wildman–Crippen MR) is 129 cm³/mol. The SMILES string of the molecule is CCCOc1ccccc1-c1ncc2cccc(C(C)=CCCc3ccccc3)c2n1. The van der Waals surface area contributed by atoms with Gasteiger partial charge in [0.1, 0.15) is 5.75 Å². The summed E-state index contributed by atoms with van der Waals surface area (Å²) in [6.07, 6.45) is 7.21. The normalized spacial score (nSPS) is 11.6. The maximum Gasteiger partial charge on any atom is 0.163 e. The molecule has 0 aliphatic carbocycles. The Hall–Kier alpha value is -3.46. The van der Waals surface area contributed by atoms with E-state index in [9.17, 15) is 0 Å². The van der Waals surface area contributed by atoms with Gasteiger partial charge in [0, 0.05) is 17.1 Å². The van der Waals surface area contributed by atoms with Gasteiger partial charge in [-0.05, 0) is 49.5 Å². The highest BCUT2D eigenvalue weighted by Crippen LogP contribution is 2.30. The minimum Gasteiger partial charge on any atom is -0.493 e. The number of aromatic nitrogens is 2. The topological polar surface area (TPSA) is 35.0 Å². The van der Waals surface area contributed by atoms with Crippen LogP contribution in [0.15, 0.2) is 85.1 Å². The summed E-state index contributed by atoms with van der Waals surface area (Å²) in [5.74, 6) is 1.53. The summed E-state index contributed by atoms with van der Waals surface area (Å²) in [4.78, 5) is 9.61. The van der Waals surface area contributed by atoms with Gasteiger partial charge in [-0.15, -0.1) is 0 Å². The number of rotatable bonds is 8. The van der Waals surface area contributed by atoms with E-state index in [1.165, 1.54) is 11.1 Å². The Morgan fingerprint density at radius 2 is 1.74 bits per heavy atom. The lowest BCUT2D eigenvalue weighted by Crippen LogP contribution is -1.99. The molecular weight excluding hydrogens is 380 g/mol. The lowest BCUT2D eigenvalue weighted by atomic mass is 10.0. The minimum atomic E-state index is 0.680. The predicted octanol–water partition coefficient (Wildman–Crippen LogP) is 7.12. The van der Waals surface area contributed by atoms with Crippen molar-refractivity contribution in [2.24, 2.45) is 0 Å². The van der Waals surface area contributed by atoms with Crippen LogP contribution in [0.4, 0.5) is 0 Å². The maximum atomic E-state index is 5.93. The van der Waals surface area contributed by atoms with Crippen LogP contribution in [0.1, 0.15) is 37.8 Å². The van der Waals surface area contributed by atoms with Crippen molar-refractivity contribution >= 4 is 16.5 Å². The highest BCUT2D eigenvalue weighted by Gasteiger charge is 2.12. The number of para-hydroxylation sites is 2. The van der Waals surface area contributed by atoms with E-state index in [2.05, 4.69) is 73.4 Å². The Labute approximate surface area is 184 Å². The molecule has 0 saturated heterocycles. The van der Waals surface area contributed by atoms with Crippen LogP contribution in [0.2, 0.25) is 0 Å². The molecule has 4 aromatic rings. The zero-order valence-corrected chi connectivity index (χ0v) is 18.2. The molecule has 0 aliphatic heterocycles. The van der Waals surface area contributed by atoms with E-state index in [0.717, 1.165) is 47.0 Å². The van der Waals surface area contributed by atoms with Gasteiger partial charge >= 0.3 is 0 Å². The number of hydrogen-bond acceptors (Lipinski definition) is 3. The van der Waals surface area contributed by atoms with Gasteiger partial charge in [0.15, 0.2) is 5.82 Å². The molecule has 0 atom stereocenters. The van der Waals surface area contributed by atoms with Crippen LogP contribution in [-0.4, -0.2) is 16.6 Å². The van der Waals surface area contributed by atoms with Crippen molar-refractivity contribution in [3.63, 3.8) is 0 Å². The van der Waals surface area contributed by atoms with E-state index < -0.39 is 0 Å². The molecule has 0 fully saturated rings. The molecular formula is C28H28N2O. The Morgan fingerprint density at radius 3 is 2.58 bits per heavy atom. The molecule has 0 N–H and O–H groups in total. The van der Waals surface area contributed by atoms with Crippen LogP contribution in [-0.2, 0) is 6.42 Å². The Balaban J connectivity index is 1.66. The summed E-state index contributed by atoms with van der Waals surface area (Å²) in [5, 5.41) is 1.05. The first-order valence-electron chi connectivity index (χ1n) is 11.0. The van der Waals surface area contributed by atoms with Crippen LogP contribution in [0, 0.1) is 0 Å². The fraction of sp³-hybridized carbons (Fsp3) is 0.214. The molecule has 1 aromatic heterocycles. The number of benzene rings is 3. The Bertz CT molecular complexity index is 1180. The van der Waals surface area contributed by atoms with Crippen molar-refractivity contribution < 1.29 is 4.74 Å². The number of nitrogens with zero attached hydrogens (tertiary/aromatic N) is 2. The maximum absolute atomic E-state index is 5.93. The summed E-state index contributed by atoms with van der Waals surface area (Å²) in [6.45, 7) is 4.95. The van der Waals surface area contributed by atoms with Crippen LogP contribution in [0.5, 0.6) is 5.75 Å². The molecule has 0 radical (unpaired) electrons. The molecule has 156 valence electrons. The van der Waals surface area contributed by atoms with Gasteiger partial charge < -0.3 is 4.74 Å². The van der Waals surface area contributed by atoms with Gasteiger partial charge in [-0.1, -0.05) is 73.7 Å². The second-order valence-corrected chi connectivity index (χ2v) is 7.69. The zero-order chi connectivity index (χ0) is 21.5. The van der Waals surface area contributed by atoms with Crippen LogP contribution < -0.4 is 4.74 Å². The van der Waals surface area contributed by atoms with Gasteiger partial charge in [0.2, 0.25) is 0 Å². The van der Waals surface area contributed by atoms with Gasteiger partial charge in [-0.2, -0.15) is 0 Å². The quantitative estimate of drug-likeness (QED) is 0.311. The molecule has 3 heteroatoms. The first-order chi connectivity index (χ1) is 15.3. The number of ether oxygens (including phenoxy) is 1. The second kappa shape index (κ2) is 10.0. The molecule has 1 heterocycles. The van der Waals surface area contributed by atoms with Crippen molar-refractivity contribution in [2.45, 2.75) is 33.1 Å². The first kappa shape index (κ1) is 20.8. The number of fused-ring (bicyclic) bond motifs is 1. The average Bonchev–Trinajstić information content (AvgIpc) is 2.83. The van der Waals surface area contributed by atoms with E-state index in [4.69, 9.17) is 9.72 Å². The molecule has 3 nitrogen and oxygen atoms in total. The van der Waals surface area contributed by atoms with Crippen molar-refractivity contribution in [3.8, 4) is 17.1 Å². The lowest BCUT2D eigenvalue weighted by Gasteiger charge is -2.12. The van der Waals surface area contributed by atoms with Gasteiger partial charge in [-0.25, -0.2) is 9.97 Å². The zero-order valence-electron chi connectivity index (χ0n) is 18.2. The summed E-state index contributed by atoms with van der Waals surface area (Å²) >= 11 is 0. The molecule has 0 amide bonds. The highest BCUT2D eigenvalue weighted by atomic mass is 16.5. The number of aryl methyl sites for hydroxylation is 1. The molecule has 0 saturated carbocycles. The number of allylic oxidation sites excluding steroid dienone is 2. The minimum absolute atomic E-state index is 0.680. The fourth-order valence-electron chi connectivity index (χ4n) is 3.70. The third kappa shape index (κ3) is 5.00. The molecule has 0 unspecified atom stereocenters. The highest BCUT2D eigenvalue weighted by molar-refractivity contribution is 5.91. The molecule has 3 aromatic carbocycles. The van der Waals surface area contributed by atoms with Gasteiger partial charge in [-0.3, -0.25) is 0 Å². The molecule has 0 spiro atoms. The van der Waals surface area contributed by atoms with Gasteiger partial charge in [0.25, 0.3) is 0 Å². The molecule has 4 rings (SSSR count). The van der Waals surface area contributed by atoms with E-state index in [1.807, 2.05) is 30.5 Å². The van der Waals surface area contributed by atoms with E-state index in [1.54, 1.807) is 0 Å². The van der Waals surface area contributed by atoms with Crippen molar-refractivity contribution in [3.05, 3.63) is 96.2 Å². The molecule has 31 heavy (non-hydrogen) atoms. The second-order valence-electron chi connectivity index (χ2n) is 7.69. The van der Waals surface area contributed by atoms with Crippen LogP contribution in [0.25, 0.3) is 27.9 Å². The van der Waals surface area contributed by atoms with Crippen LogP contribution >= 0.6 is 0 Å². The van der Waals surface area contributed by atoms with Crippen LogP contribution in [0.3, 0.4) is 0 Å². The van der Waals surface area contributed by atoms with Crippen molar-refractivity contribution in [1.29, 1.82) is 0 Å². The third-order valence-electron chi connectivity index (χ3n) is 5.35. The van der Waals surface area contributed by atoms with E-state index in [0.29, 0.717) is 12.4 Å². The standard InChI is InChI=1S/C28H28N2O/c1-3-19-31-26-18-8-7-16-25(26)28-29-20-23-15-10-17-24(27(23)30-28)21(2)11-9-14-22-12-5-4-6-13-22/h4-8,10-13,15-18,20H,3,9,14,19H2,1-2H3. The third-order valence-corrected chi connectivity index (χ3v) is 5.35. The van der Waals surface area contributed by atoms with E-state index >= 15 is 0 Å². The monoisotopic (exact) mass is 408 g/mol. The van der Waals surface area contributed by atoms with Crippen molar-refractivity contribution in [2.75, 3.05) is 6.61 Å². The van der Waals surface area contributed by atoms with Crippen molar-refractivity contribution in [1.82, 2.24) is 9.97 Å². The molecule has 0 aliphatic rings. The smallest absolute Gasteiger partial charge is 0.163 e. The molecule has 0 bridgehead atoms. The fourth-order valence-corrected chi connectivity index (χ4v) is 3.70. The lowest BCUT2D eigenvalue weighted by molar-refractivity contribution is 0.318. The first-order valence-corrected chi connectivity index (χ1v) is 11.0. The average molecular weight is 409 g/mol. The number of hydrogen-bond donors (Lipinski definition) is 0. The summed E-state index contributed by atoms with van der Waals surface area (Å²) in [6, 6.07) is 24.9. The Kier molecular flexibility index (Phi) is 6.73. The Morgan fingerprint density at radius 1 is 0.935 bits per heavy atom. The summed E-state index contributed by atoms with van der Waals surface area (Å²) in [7, 11) is 0. The summed E-state index contributed by atoms with van der Waals surface area (Å²) in [5.41, 5.74) is 5.66. The largest absolute Gasteiger partial charge is 0.493 e.